The minimum atomic E-state index is -3.85. The standard InChI is InChI=1S/C23H25FN4O3S/c24-20-12-6-4-8-17(20)16-25-28(15-14-22(29)26-18-9-2-1-3-10-18)23-19-11-5-7-13-21(19)32(30,31)27-23/h4-8,11-13,16,18H,1-3,9-10,14-15H2,(H,26,29). The molecular weight excluding hydrogens is 431 g/mol. The van der Waals surface area contributed by atoms with E-state index in [-0.39, 0.29) is 41.2 Å². The highest BCUT2D eigenvalue weighted by atomic mass is 32.2. The quantitative estimate of drug-likeness (QED) is 0.532. The van der Waals surface area contributed by atoms with Crippen LogP contribution in [-0.4, -0.2) is 44.0 Å². The molecule has 2 aliphatic rings. The van der Waals surface area contributed by atoms with Crippen LogP contribution in [0.3, 0.4) is 0 Å². The SMILES string of the molecule is O=C(CCN(N=Cc1ccccc1F)C1=NS(=O)(=O)c2ccccc21)NC1CCCCC1. The predicted molar refractivity (Wildman–Crippen MR) is 120 cm³/mol. The molecule has 7 nitrogen and oxygen atoms in total. The second-order valence-electron chi connectivity index (χ2n) is 7.93. The molecule has 1 heterocycles. The molecule has 2 aromatic rings. The number of benzene rings is 2. The molecule has 168 valence electrons. The fourth-order valence-corrected chi connectivity index (χ4v) is 5.17. The Bertz CT molecular complexity index is 1160. The Balaban J connectivity index is 1.56. The molecule has 2 aromatic carbocycles. The van der Waals surface area contributed by atoms with Gasteiger partial charge in [-0.3, -0.25) is 4.79 Å². The van der Waals surface area contributed by atoms with Crippen molar-refractivity contribution in [2.24, 2.45) is 9.50 Å². The van der Waals surface area contributed by atoms with Gasteiger partial charge in [-0.2, -0.15) is 13.5 Å². The number of hydrazone groups is 1. The maximum Gasteiger partial charge on any atom is 0.285 e. The molecule has 1 amide bonds. The van der Waals surface area contributed by atoms with E-state index in [0.717, 1.165) is 25.7 Å². The first kappa shape index (κ1) is 22.1. The molecule has 0 aromatic heterocycles. The van der Waals surface area contributed by atoms with E-state index in [4.69, 9.17) is 0 Å². The van der Waals surface area contributed by atoms with Crippen LogP contribution in [0.25, 0.3) is 0 Å². The Labute approximate surface area is 187 Å². The van der Waals surface area contributed by atoms with Gasteiger partial charge in [-0.25, -0.2) is 9.40 Å². The number of hydrogen-bond acceptors (Lipinski definition) is 5. The zero-order valence-corrected chi connectivity index (χ0v) is 18.4. The van der Waals surface area contributed by atoms with Crippen LogP contribution in [0.1, 0.15) is 49.7 Å². The summed E-state index contributed by atoms with van der Waals surface area (Å²) in [7, 11) is -3.85. The van der Waals surface area contributed by atoms with Gasteiger partial charge in [0.05, 0.1) is 12.8 Å². The zero-order valence-electron chi connectivity index (χ0n) is 17.6. The minimum absolute atomic E-state index is 0.0905. The summed E-state index contributed by atoms with van der Waals surface area (Å²) in [5.41, 5.74) is 0.657. The van der Waals surface area contributed by atoms with E-state index in [1.54, 1.807) is 36.4 Å². The molecule has 1 saturated carbocycles. The number of carbonyl (C=O) groups is 1. The van der Waals surface area contributed by atoms with Gasteiger partial charge in [0, 0.05) is 23.6 Å². The number of carbonyl (C=O) groups excluding carboxylic acids is 1. The van der Waals surface area contributed by atoms with E-state index in [1.807, 2.05) is 0 Å². The van der Waals surface area contributed by atoms with E-state index in [0.29, 0.717) is 5.56 Å². The summed E-state index contributed by atoms with van der Waals surface area (Å²) >= 11 is 0. The van der Waals surface area contributed by atoms with Gasteiger partial charge in [-0.05, 0) is 31.0 Å². The van der Waals surface area contributed by atoms with E-state index in [9.17, 15) is 17.6 Å². The van der Waals surface area contributed by atoms with Crippen molar-refractivity contribution in [2.75, 3.05) is 6.54 Å². The fourth-order valence-electron chi connectivity index (χ4n) is 3.96. The molecule has 0 radical (unpaired) electrons. The Morgan fingerprint density at radius 2 is 1.84 bits per heavy atom. The van der Waals surface area contributed by atoms with Crippen molar-refractivity contribution in [1.82, 2.24) is 10.3 Å². The summed E-state index contributed by atoms with van der Waals surface area (Å²) in [6, 6.07) is 12.8. The predicted octanol–water partition coefficient (Wildman–Crippen LogP) is 3.45. The summed E-state index contributed by atoms with van der Waals surface area (Å²) in [5.74, 6) is -0.455. The third kappa shape index (κ3) is 5.04. The second kappa shape index (κ2) is 9.60. The minimum Gasteiger partial charge on any atom is -0.353 e. The van der Waals surface area contributed by atoms with Crippen LogP contribution >= 0.6 is 0 Å². The summed E-state index contributed by atoms with van der Waals surface area (Å²) < 4.78 is 42.9. The number of nitrogens with one attached hydrogen (secondary N) is 1. The number of amidine groups is 1. The highest BCUT2D eigenvalue weighted by Gasteiger charge is 2.32. The number of hydrogen-bond donors (Lipinski definition) is 1. The second-order valence-corrected chi connectivity index (χ2v) is 9.50. The molecule has 1 N–H and O–H groups in total. The van der Waals surface area contributed by atoms with Gasteiger partial charge in [-0.15, -0.1) is 4.40 Å². The van der Waals surface area contributed by atoms with Crippen molar-refractivity contribution in [3.05, 3.63) is 65.5 Å². The maximum atomic E-state index is 14.1. The largest absolute Gasteiger partial charge is 0.353 e. The van der Waals surface area contributed by atoms with Crippen LogP contribution in [0.15, 0.2) is 62.9 Å². The molecule has 32 heavy (non-hydrogen) atoms. The molecule has 1 fully saturated rings. The number of rotatable bonds is 6. The molecule has 0 unspecified atom stereocenters. The molecule has 4 rings (SSSR count). The summed E-state index contributed by atoms with van der Waals surface area (Å²) in [6.07, 6.45) is 6.76. The van der Waals surface area contributed by atoms with Crippen molar-refractivity contribution in [1.29, 1.82) is 0 Å². The van der Waals surface area contributed by atoms with E-state index >= 15 is 0 Å². The van der Waals surface area contributed by atoms with E-state index in [1.165, 1.54) is 29.8 Å². The molecule has 1 aliphatic carbocycles. The van der Waals surface area contributed by atoms with Crippen molar-refractivity contribution in [3.63, 3.8) is 0 Å². The first-order chi connectivity index (χ1) is 15.4. The van der Waals surface area contributed by atoms with Crippen LogP contribution in [0, 0.1) is 5.82 Å². The number of sulfonamides is 1. The lowest BCUT2D eigenvalue weighted by Crippen LogP contribution is -2.38. The first-order valence-electron chi connectivity index (χ1n) is 10.7. The van der Waals surface area contributed by atoms with Gasteiger partial charge in [0.25, 0.3) is 10.0 Å². The van der Waals surface area contributed by atoms with Crippen molar-refractivity contribution in [2.45, 2.75) is 49.5 Å². The molecule has 0 spiro atoms. The molecule has 1 aliphatic heterocycles. The lowest BCUT2D eigenvalue weighted by Gasteiger charge is -2.24. The van der Waals surface area contributed by atoms with Crippen molar-refractivity contribution < 1.29 is 17.6 Å². The maximum absolute atomic E-state index is 14.1. The Morgan fingerprint density at radius 1 is 1.12 bits per heavy atom. The fraction of sp³-hybridized carbons (Fsp3) is 0.348. The van der Waals surface area contributed by atoms with E-state index < -0.39 is 15.8 Å². The van der Waals surface area contributed by atoms with Gasteiger partial charge in [0.2, 0.25) is 5.91 Å². The van der Waals surface area contributed by atoms with Gasteiger partial charge < -0.3 is 5.32 Å². The average Bonchev–Trinajstić information content (AvgIpc) is 3.06. The molecule has 0 bridgehead atoms. The smallest absolute Gasteiger partial charge is 0.285 e. The van der Waals surface area contributed by atoms with Crippen LogP contribution < -0.4 is 5.32 Å². The normalized spacial score (nSPS) is 17.7. The van der Waals surface area contributed by atoms with Gasteiger partial charge in [0.15, 0.2) is 5.84 Å². The highest BCUT2D eigenvalue weighted by molar-refractivity contribution is 7.90. The van der Waals surface area contributed by atoms with Gasteiger partial charge in [0.1, 0.15) is 10.7 Å². The van der Waals surface area contributed by atoms with E-state index in [2.05, 4.69) is 14.8 Å². The monoisotopic (exact) mass is 456 g/mol. The summed E-state index contributed by atoms with van der Waals surface area (Å²) in [4.78, 5) is 12.6. The summed E-state index contributed by atoms with van der Waals surface area (Å²) in [6.45, 7) is 0.103. The van der Waals surface area contributed by atoms with Crippen LogP contribution in [0.4, 0.5) is 4.39 Å². The molecule has 0 saturated heterocycles. The third-order valence-electron chi connectivity index (χ3n) is 5.62. The zero-order chi connectivity index (χ0) is 22.6. The number of amides is 1. The Hall–Kier alpha value is -3.07. The molecule has 9 heteroatoms. The Morgan fingerprint density at radius 3 is 2.62 bits per heavy atom. The van der Waals surface area contributed by atoms with Crippen molar-refractivity contribution >= 4 is 28.0 Å². The average molecular weight is 457 g/mol. The molecule has 0 atom stereocenters. The highest BCUT2D eigenvalue weighted by Crippen LogP contribution is 2.27. The van der Waals surface area contributed by atoms with Gasteiger partial charge in [-0.1, -0.05) is 49.6 Å². The number of fused-ring (bicyclic) bond motifs is 1. The summed E-state index contributed by atoms with van der Waals surface area (Å²) in [5, 5.41) is 8.72. The third-order valence-corrected chi connectivity index (χ3v) is 6.94. The van der Waals surface area contributed by atoms with Gasteiger partial charge >= 0.3 is 0 Å². The van der Waals surface area contributed by atoms with Crippen LogP contribution in [-0.2, 0) is 14.8 Å². The topological polar surface area (TPSA) is 91.2 Å². The number of nitrogens with zero attached hydrogens (tertiary/aromatic N) is 3. The number of halogens is 1. The van der Waals surface area contributed by atoms with Crippen molar-refractivity contribution in [3.8, 4) is 0 Å². The molecular formula is C23H25FN4O3S. The Kier molecular flexibility index (Phi) is 6.64. The first-order valence-corrected chi connectivity index (χ1v) is 12.2. The van der Waals surface area contributed by atoms with Crippen LogP contribution in [0.5, 0.6) is 0 Å². The van der Waals surface area contributed by atoms with Crippen LogP contribution in [0.2, 0.25) is 0 Å². The lowest BCUT2D eigenvalue weighted by molar-refractivity contribution is -0.122. The lowest BCUT2D eigenvalue weighted by atomic mass is 9.95.